The molecule has 5 heterocycles. The monoisotopic (exact) mass is 635 g/mol. The van der Waals surface area contributed by atoms with Crippen LogP contribution in [0.5, 0.6) is 0 Å². The number of aliphatic carboxylic acids is 1. The Morgan fingerprint density at radius 1 is 1.18 bits per heavy atom. The molecule has 1 aromatic carbocycles. The summed E-state index contributed by atoms with van der Waals surface area (Å²) in [5, 5.41) is 26.9. The highest BCUT2D eigenvalue weighted by Gasteiger charge is 2.39. The fourth-order valence-corrected chi connectivity index (χ4v) is 8.12. The zero-order valence-electron chi connectivity index (χ0n) is 24.7. The second kappa shape index (κ2) is 11.8. The summed E-state index contributed by atoms with van der Waals surface area (Å²) in [6.45, 7) is 4.49. The van der Waals surface area contributed by atoms with E-state index < -0.39 is 34.2 Å². The van der Waals surface area contributed by atoms with Crippen molar-refractivity contribution in [3.8, 4) is 6.07 Å². The molecule has 0 unspecified atom stereocenters. The Kier molecular flexibility index (Phi) is 8.00. The molecule has 6 rings (SSSR count). The molecular formula is C31H31F2N7O4S. The standard InChI is InChI=1S/C31H31F2N7O4S/c1-18-6-7-21(25(13-27(41)42)24-8-10-40-29(19(24)2)36-37-31(40)28(32)33)12-22(18)16-38-17-23-5-3-4-9-39(23)30-26(45(38,43)44)11-20(14-34)15-35-30/h6-8,10-12,15,23,25,28H,3-5,9,13,16-17H2,1-2H3,(H,41,42)/t23-,25-/m0/s1. The fraction of sp³-hybridized carbons (Fsp3) is 0.387. The highest BCUT2D eigenvalue weighted by Crippen LogP contribution is 2.38. The third kappa shape index (κ3) is 5.51. The largest absolute Gasteiger partial charge is 0.481 e. The van der Waals surface area contributed by atoms with Crippen molar-refractivity contribution >= 4 is 27.5 Å². The lowest BCUT2D eigenvalue weighted by Gasteiger charge is -2.36. The number of hydrogen-bond donors (Lipinski definition) is 1. The zero-order valence-corrected chi connectivity index (χ0v) is 25.5. The van der Waals surface area contributed by atoms with Crippen molar-refractivity contribution in [3.05, 3.63) is 81.9 Å². The number of nitriles is 1. The molecule has 0 saturated carbocycles. The number of anilines is 1. The average Bonchev–Trinajstić information content (AvgIpc) is 3.43. The lowest BCUT2D eigenvalue weighted by molar-refractivity contribution is -0.137. The van der Waals surface area contributed by atoms with Crippen LogP contribution in [0.3, 0.4) is 0 Å². The predicted octanol–water partition coefficient (Wildman–Crippen LogP) is 4.72. The molecule has 0 radical (unpaired) electrons. The van der Waals surface area contributed by atoms with Crippen LogP contribution in [0.1, 0.15) is 77.2 Å². The molecular weight excluding hydrogens is 604 g/mol. The highest BCUT2D eigenvalue weighted by molar-refractivity contribution is 7.89. The summed E-state index contributed by atoms with van der Waals surface area (Å²) in [5.41, 5.74) is 3.64. The van der Waals surface area contributed by atoms with Gasteiger partial charge in [-0.3, -0.25) is 9.20 Å². The van der Waals surface area contributed by atoms with Crippen molar-refractivity contribution in [1.82, 2.24) is 23.9 Å². The van der Waals surface area contributed by atoms with Crippen LogP contribution in [0.4, 0.5) is 14.6 Å². The minimum Gasteiger partial charge on any atom is -0.481 e. The van der Waals surface area contributed by atoms with Crippen molar-refractivity contribution in [2.75, 3.05) is 18.0 Å². The van der Waals surface area contributed by atoms with Crippen LogP contribution in [0.25, 0.3) is 5.65 Å². The normalized spacial score (nSPS) is 18.7. The number of halogens is 2. The molecule has 45 heavy (non-hydrogen) atoms. The first kappa shape index (κ1) is 30.5. The maximum atomic E-state index is 14.2. The van der Waals surface area contributed by atoms with Crippen LogP contribution in [-0.4, -0.2) is 62.5 Å². The first-order valence-corrected chi connectivity index (χ1v) is 16.0. The number of aryl methyl sites for hydroxylation is 2. The number of carboxylic acid groups (broad SMARTS) is 1. The maximum absolute atomic E-state index is 14.2. The zero-order chi connectivity index (χ0) is 32.0. The molecule has 2 aliphatic heterocycles. The molecule has 3 aromatic heterocycles. The minimum atomic E-state index is -4.06. The molecule has 4 aromatic rings. The van der Waals surface area contributed by atoms with Crippen LogP contribution in [0, 0.1) is 25.2 Å². The Morgan fingerprint density at radius 2 is 1.98 bits per heavy atom. The lowest BCUT2D eigenvalue weighted by Crippen LogP contribution is -2.45. The number of nitrogens with zero attached hydrogens (tertiary/aromatic N) is 7. The maximum Gasteiger partial charge on any atom is 0.304 e. The molecule has 0 aliphatic carbocycles. The number of carbonyl (C=O) groups is 1. The summed E-state index contributed by atoms with van der Waals surface area (Å²) < 4.78 is 57.9. The van der Waals surface area contributed by atoms with E-state index in [-0.39, 0.29) is 41.7 Å². The molecule has 2 atom stereocenters. The Labute approximate surface area is 258 Å². The van der Waals surface area contributed by atoms with Gasteiger partial charge in [0.25, 0.3) is 6.43 Å². The molecule has 1 N–H and O–H groups in total. The van der Waals surface area contributed by atoms with Gasteiger partial charge in [-0.2, -0.15) is 9.57 Å². The Balaban J connectivity index is 1.41. The second-order valence-corrected chi connectivity index (χ2v) is 13.5. The third-order valence-electron chi connectivity index (χ3n) is 8.86. The van der Waals surface area contributed by atoms with Gasteiger partial charge in [-0.1, -0.05) is 18.2 Å². The molecule has 0 spiro atoms. The molecule has 11 nitrogen and oxygen atoms in total. The van der Waals surface area contributed by atoms with Gasteiger partial charge in [0.2, 0.25) is 15.8 Å². The van der Waals surface area contributed by atoms with E-state index in [1.165, 1.54) is 27.2 Å². The van der Waals surface area contributed by atoms with E-state index in [1.807, 2.05) is 36.1 Å². The number of benzene rings is 1. The number of carboxylic acids is 1. The van der Waals surface area contributed by atoms with E-state index in [4.69, 9.17) is 0 Å². The van der Waals surface area contributed by atoms with Crippen LogP contribution in [0.2, 0.25) is 0 Å². The summed E-state index contributed by atoms with van der Waals surface area (Å²) in [6.07, 6.45) is 2.37. The van der Waals surface area contributed by atoms with Crippen molar-refractivity contribution in [2.45, 2.75) is 69.4 Å². The van der Waals surface area contributed by atoms with Gasteiger partial charge >= 0.3 is 5.97 Å². The van der Waals surface area contributed by atoms with Gasteiger partial charge < -0.3 is 10.0 Å². The van der Waals surface area contributed by atoms with Crippen molar-refractivity contribution in [2.24, 2.45) is 0 Å². The number of piperidine rings is 1. The lowest BCUT2D eigenvalue weighted by atomic mass is 9.85. The molecule has 2 aliphatic rings. The minimum absolute atomic E-state index is 0.00362. The summed E-state index contributed by atoms with van der Waals surface area (Å²) in [7, 11) is -4.06. The quantitative estimate of drug-likeness (QED) is 0.305. The van der Waals surface area contributed by atoms with Crippen molar-refractivity contribution in [1.29, 1.82) is 5.26 Å². The summed E-state index contributed by atoms with van der Waals surface area (Å²) in [6, 6.07) is 10.4. The van der Waals surface area contributed by atoms with Crippen LogP contribution < -0.4 is 4.90 Å². The van der Waals surface area contributed by atoms with Crippen molar-refractivity contribution < 1.29 is 27.1 Å². The topological polar surface area (TPSA) is 145 Å². The van der Waals surface area contributed by atoms with Gasteiger partial charge in [0.05, 0.1) is 12.0 Å². The van der Waals surface area contributed by atoms with Crippen LogP contribution in [-0.2, 0) is 21.4 Å². The number of pyridine rings is 2. The third-order valence-corrected chi connectivity index (χ3v) is 10.7. The SMILES string of the molecule is Cc1ccc([C@H](CC(=O)O)c2ccn3c(C(F)F)nnc3c2C)cc1CN1C[C@@H]2CCCCN2c2ncc(C#N)cc2S1(=O)=O. The number of rotatable bonds is 7. The first-order valence-electron chi connectivity index (χ1n) is 14.6. The number of hydrogen-bond acceptors (Lipinski definition) is 8. The van der Waals surface area contributed by atoms with Crippen molar-refractivity contribution in [3.63, 3.8) is 0 Å². The van der Waals surface area contributed by atoms with Gasteiger partial charge in [-0.05, 0) is 73.1 Å². The van der Waals surface area contributed by atoms with Gasteiger partial charge in [-0.25, -0.2) is 22.2 Å². The highest BCUT2D eigenvalue weighted by atomic mass is 32.2. The number of sulfonamides is 1. The molecule has 1 fully saturated rings. The number of fused-ring (bicyclic) bond motifs is 4. The molecule has 14 heteroatoms. The van der Waals surface area contributed by atoms with E-state index in [9.17, 15) is 32.4 Å². The van der Waals surface area contributed by atoms with E-state index in [1.54, 1.807) is 13.0 Å². The Hall–Kier alpha value is -4.48. The van der Waals surface area contributed by atoms with E-state index in [0.29, 0.717) is 34.6 Å². The number of alkyl halides is 2. The Morgan fingerprint density at radius 3 is 2.71 bits per heavy atom. The second-order valence-electron chi connectivity index (χ2n) is 11.6. The summed E-state index contributed by atoms with van der Waals surface area (Å²) in [5.74, 6) is -1.86. The molecule has 0 bridgehead atoms. The molecule has 0 amide bonds. The van der Waals surface area contributed by atoms with Crippen LogP contribution in [0.15, 0.2) is 47.6 Å². The number of aromatic nitrogens is 4. The first-order chi connectivity index (χ1) is 21.5. The summed E-state index contributed by atoms with van der Waals surface area (Å²) in [4.78, 5) is 18.5. The van der Waals surface area contributed by atoms with Crippen LogP contribution >= 0.6 is 0 Å². The van der Waals surface area contributed by atoms with Gasteiger partial charge in [0, 0.05) is 44.0 Å². The van der Waals surface area contributed by atoms with Gasteiger partial charge in [0.15, 0.2) is 5.65 Å². The van der Waals surface area contributed by atoms with E-state index in [0.717, 1.165) is 24.8 Å². The van der Waals surface area contributed by atoms with Gasteiger partial charge in [0.1, 0.15) is 16.8 Å². The van der Waals surface area contributed by atoms with E-state index >= 15 is 0 Å². The van der Waals surface area contributed by atoms with E-state index in [2.05, 4.69) is 15.2 Å². The predicted molar refractivity (Wildman–Crippen MR) is 159 cm³/mol. The molecule has 1 saturated heterocycles. The Bertz CT molecular complexity index is 1960. The average molecular weight is 636 g/mol. The fourth-order valence-electron chi connectivity index (χ4n) is 6.49. The molecule has 234 valence electrons. The van der Waals surface area contributed by atoms with Gasteiger partial charge in [-0.15, -0.1) is 10.2 Å². The summed E-state index contributed by atoms with van der Waals surface area (Å²) >= 11 is 0. The smallest absolute Gasteiger partial charge is 0.304 e.